The van der Waals surface area contributed by atoms with Crippen LogP contribution in [0.5, 0.6) is 5.75 Å². The number of hydrogen-bond acceptors (Lipinski definition) is 4. The summed E-state index contributed by atoms with van der Waals surface area (Å²) < 4.78 is 18.6. The lowest BCUT2D eigenvalue weighted by Crippen LogP contribution is -2.37. The Kier molecular flexibility index (Phi) is 6.60. The number of aryl methyl sites for hydroxylation is 1. The fourth-order valence-corrected chi connectivity index (χ4v) is 3.96. The van der Waals surface area contributed by atoms with Gasteiger partial charge in [0.15, 0.2) is 0 Å². The van der Waals surface area contributed by atoms with Crippen molar-refractivity contribution in [2.24, 2.45) is 5.92 Å². The van der Waals surface area contributed by atoms with Crippen LogP contribution in [0.1, 0.15) is 36.8 Å². The number of hydrogen-bond donors (Lipinski definition) is 1. The zero-order chi connectivity index (χ0) is 21.6. The van der Waals surface area contributed by atoms with Gasteiger partial charge in [-0.1, -0.05) is 0 Å². The van der Waals surface area contributed by atoms with E-state index in [1.54, 1.807) is 30.5 Å². The molecule has 4 rings (SSSR count). The molecule has 6 nitrogen and oxygen atoms in total. The van der Waals surface area contributed by atoms with Crippen LogP contribution in [0, 0.1) is 11.7 Å². The summed E-state index contributed by atoms with van der Waals surface area (Å²) >= 11 is 0. The summed E-state index contributed by atoms with van der Waals surface area (Å²) in [5.41, 5.74) is 1.86. The van der Waals surface area contributed by atoms with E-state index in [0.717, 1.165) is 43.5 Å². The summed E-state index contributed by atoms with van der Waals surface area (Å²) in [6.45, 7) is 2.06. The zero-order valence-electron chi connectivity index (χ0n) is 17.4. The number of halogens is 1. The fourth-order valence-electron chi connectivity index (χ4n) is 3.96. The van der Waals surface area contributed by atoms with Gasteiger partial charge in [-0.25, -0.2) is 9.37 Å². The van der Waals surface area contributed by atoms with Gasteiger partial charge >= 0.3 is 0 Å². The first-order valence-corrected chi connectivity index (χ1v) is 10.7. The lowest BCUT2D eigenvalue weighted by molar-refractivity contribution is -0.127. The first kappa shape index (κ1) is 21.0. The maximum atomic E-state index is 12.9. The van der Waals surface area contributed by atoms with Crippen LogP contribution < -0.4 is 10.1 Å². The average Bonchev–Trinajstić information content (AvgIpc) is 2.79. The molecule has 2 aromatic rings. The molecule has 0 unspecified atom stereocenters. The molecule has 2 aliphatic rings. The number of fused-ring (bicyclic) bond motifs is 1. The number of rotatable bonds is 6. The van der Waals surface area contributed by atoms with E-state index in [4.69, 9.17) is 4.74 Å². The number of anilines is 1. The van der Waals surface area contributed by atoms with Crippen molar-refractivity contribution < 1.29 is 18.7 Å². The number of pyridine rings is 1. The lowest BCUT2D eigenvalue weighted by atomic mass is 9.94. The number of carbonyl (C=O) groups is 2. The number of likely N-dealkylation sites (tertiary alicyclic amines) is 1. The maximum absolute atomic E-state index is 12.9. The van der Waals surface area contributed by atoms with Crippen molar-refractivity contribution in [1.82, 2.24) is 9.88 Å². The summed E-state index contributed by atoms with van der Waals surface area (Å²) in [7, 11) is 0. The van der Waals surface area contributed by atoms with E-state index in [-0.39, 0.29) is 17.6 Å². The van der Waals surface area contributed by atoms with Crippen molar-refractivity contribution >= 4 is 23.7 Å². The second-order valence-corrected chi connectivity index (χ2v) is 8.02. The van der Waals surface area contributed by atoms with Gasteiger partial charge in [0.2, 0.25) is 11.8 Å². The number of benzene rings is 1. The molecule has 1 saturated heterocycles. The molecule has 0 radical (unpaired) electrons. The highest BCUT2D eigenvalue weighted by atomic mass is 19.1. The molecule has 31 heavy (non-hydrogen) atoms. The SMILES string of the molecule is O=C1CCc2cc(C=CC(=O)N3CCC(CCOc4ccc(F)cc4)CC3)cnc2N1. The highest BCUT2D eigenvalue weighted by Crippen LogP contribution is 2.23. The summed E-state index contributed by atoms with van der Waals surface area (Å²) in [5.74, 6) is 1.54. The van der Waals surface area contributed by atoms with Crippen LogP contribution in [-0.4, -0.2) is 41.4 Å². The Balaban J connectivity index is 1.21. The molecule has 2 amide bonds. The number of amides is 2. The summed E-state index contributed by atoms with van der Waals surface area (Å²) in [6, 6.07) is 8.03. The molecular weight excluding hydrogens is 397 g/mol. The minimum atomic E-state index is -0.269. The normalized spacial score (nSPS) is 16.8. The van der Waals surface area contributed by atoms with E-state index >= 15 is 0 Å². The van der Waals surface area contributed by atoms with Crippen molar-refractivity contribution in [3.8, 4) is 5.75 Å². The van der Waals surface area contributed by atoms with Crippen LogP contribution in [0.15, 0.2) is 42.6 Å². The van der Waals surface area contributed by atoms with Gasteiger partial charge in [-0.2, -0.15) is 0 Å². The van der Waals surface area contributed by atoms with Crippen molar-refractivity contribution in [3.05, 3.63) is 59.5 Å². The van der Waals surface area contributed by atoms with Gasteiger partial charge in [-0.3, -0.25) is 9.59 Å². The van der Waals surface area contributed by atoms with Crippen LogP contribution in [0.3, 0.4) is 0 Å². The Morgan fingerprint density at radius 1 is 1.23 bits per heavy atom. The third-order valence-electron chi connectivity index (χ3n) is 5.82. The molecule has 1 aromatic carbocycles. The number of nitrogens with one attached hydrogen (secondary N) is 1. The third-order valence-corrected chi connectivity index (χ3v) is 5.82. The van der Waals surface area contributed by atoms with E-state index < -0.39 is 0 Å². The molecule has 7 heteroatoms. The van der Waals surface area contributed by atoms with E-state index in [0.29, 0.717) is 36.9 Å². The van der Waals surface area contributed by atoms with E-state index in [1.807, 2.05) is 11.0 Å². The van der Waals surface area contributed by atoms with Gasteiger partial charge in [0.05, 0.1) is 6.61 Å². The summed E-state index contributed by atoms with van der Waals surface area (Å²) in [5, 5.41) is 2.76. The Hall–Kier alpha value is -3.22. The molecular formula is C24H26FN3O3. The molecule has 0 spiro atoms. The van der Waals surface area contributed by atoms with Crippen LogP contribution in [0.25, 0.3) is 6.08 Å². The number of aromatic nitrogens is 1. The summed E-state index contributed by atoms with van der Waals surface area (Å²) in [4.78, 5) is 30.1. The number of piperidine rings is 1. The zero-order valence-corrected chi connectivity index (χ0v) is 17.4. The lowest BCUT2D eigenvalue weighted by Gasteiger charge is -2.31. The Labute approximate surface area is 181 Å². The molecule has 0 atom stereocenters. The highest BCUT2D eigenvalue weighted by Gasteiger charge is 2.21. The van der Waals surface area contributed by atoms with Crippen molar-refractivity contribution in [2.75, 3.05) is 25.0 Å². The molecule has 1 fully saturated rings. The van der Waals surface area contributed by atoms with Crippen LogP contribution in [0.2, 0.25) is 0 Å². The second kappa shape index (κ2) is 9.73. The van der Waals surface area contributed by atoms with Crippen molar-refractivity contribution in [3.63, 3.8) is 0 Å². The third kappa shape index (κ3) is 5.69. The molecule has 1 aromatic heterocycles. The molecule has 0 bridgehead atoms. The first-order valence-electron chi connectivity index (χ1n) is 10.7. The van der Waals surface area contributed by atoms with Crippen LogP contribution in [0.4, 0.5) is 10.2 Å². The van der Waals surface area contributed by atoms with Gasteiger partial charge in [-0.05, 0) is 79.1 Å². The van der Waals surface area contributed by atoms with Crippen LogP contribution >= 0.6 is 0 Å². The smallest absolute Gasteiger partial charge is 0.246 e. The molecule has 0 saturated carbocycles. The standard InChI is InChI=1S/C24H26FN3O3/c25-20-3-5-21(6-4-20)31-14-11-17-9-12-28(13-10-17)23(30)8-1-18-15-19-2-7-22(29)27-24(19)26-16-18/h1,3-6,8,15-17H,2,7,9-14H2,(H,26,27,29). The quantitative estimate of drug-likeness (QED) is 0.717. The van der Waals surface area contributed by atoms with Crippen molar-refractivity contribution in [1.29, 1.82) is 0 Å². The molecule has 1 N–H and O–H groups in total. The van der Waals surface area contributed by atoms with Gasteiger partial charge in [0, 0.05) is 31.8 Å². The maximum Gasteiger partial charge on any atom is 0.246 e. The number of nitrogens with zero attached hydrogens (tertiary/aromatic N) is 2. The number of ether oxygens (including phenoxy) is 1. The largest absolute Gasteiger partial charge is 0.494 e. The molecule has 2 aliphatic heterocycles. The predicted molar refractivity (Wildman–Crippen MR) is 116 cm³/mol. The topological polar surface area (TPSA) is 71.5 Å². The van der Waals surface area contributed by atoms with Crippen molar-refractivity contribution in [2.45, 2.75) is 32.1 Å². The van der Waals surface area contributed by atoms with Crippen LogP contribution in [-0.2, 0) is 16.0 Å². The Morgan fingerprint density at radius 3 is 2.77 bits per heavy atom. The Bertz CT molecular complexity index is 967. The minimum absolute atomic E-state index is 0.00651. The Morgan fingerprint density at radius 2 is 2.00 bits per heavy atom. The highest BCUT2D eigenvalue weighted by molar-refractivity contribution is 5.93. The van der Waals surface area contributed by atoms with Gasteiger partial charge < -0.3 is 15.0 Å². The van der Waals surface area contributed by atoms with Gasteiger partial charge in [-0.15, -0.1) is 0 Å². The van der Waals surface area contributed by atoms with E-state index in [1.165, 1.54) is 12.1 Å². The van der Waals surface area contributed by atoms with E-state index in [2.05, 4.69) is 10.3 Å². The second-order valence-electron chi connectivity index (χ2n) is 8.02. The first-order chi connectivity index (χ1) is 15.1. The minimum Gasteiger partial charge on any atom is -0.494 e. The van der Waals surface area contributed by atoms with Gasteiger partial charge in [0.1, 0.15) is 17.4 Å². The van der Waals surface area contributed by atoms with E-state index in [9.17, 15) is 14.0 Å². The predicted octanol–water partition coefficient (Wildman–Crippen LogP) is 3.83. The summed E-state index contributed by atoms with van der Waals surface area (Å²) in [6.07, 6.45) is 9.01. The molecule has 162 valence electrons. The van der Waals surface area contributed by atoms with Gasteiger partial charge in [0.25, 0.3) is 0 Å². The molecule has 0 aliphatic carbocycles. The molecule has 3 heterocycles. The monoisotopic (exact) mass is 423 g/mol. The fraction of sp³-hybridized carbons (Fsp3) is 0.375. The number of carbonyl (C=O) groups excluding carboxylic acids is 2. The average molecular weight is 423 g/mol.